The first kappa shape index (κ1) is 14.2. The number of hydrogen-bond donors (Lipinski definition) is 3. The number of nitrogen functional groups attached to an aromatic ring is 1. The number of rotatable bonds is 3. The van der Waals surface area contributed by atoms with Gasteiger partial charge in [0.2, 0.25) is 0 Å². The van der Waals surface area contributed by atoms with E-state index in [2.05, 4.69) is 4.90 Å². The van der Waals surface area contributed by atoms with Gasteiger partial charge in [-0.25, -0.2) is 0 Å². The first-order valence-corrected chi connectivity index (χ1v) is 6.94. The molecule has 1 heterocycles. The molecule has 1 aromatic rings. The SMILES string of the molecule is CC(O)C1CCN(c2ccc(Cl)cc2C(=N)N)CC1. The third kappa shape index (κ3) is 3.19. The number of aliphatic hydroxyl groups is 1. The quantitative estimate of drug-likeness (QED) is 0.587. The summed E-state index contributed by atoms with van der Waals surface area (Å²) in [5.74, 6) is 0.402. The van der Waals surface area contributed by atoms with Crippen LogP contribution in [0.25, 0.3) is 0 Å². The zero-order valence-electron chi connectivity index (χ0n) is 11.1. The van der Waals surface area contributed by atoms with Gasteiger partial charge in [0, 0.05) is 29.4 Å². The minimum Gasteiger partial charge on any atom is -0.393 e. The van der Waals surface area contributed by atoms with Crippen molar-refractivity contribution < 1.29 is 5.11 Å². The fourth-order valence-corrected chi connectivity index (χ4v) is 2.79. The Morgan fingerprint density at radius 1 is 1.47 bits per heavy atom. The van der Waals surface area contributed by atoms with Crippen LogP contribution in [0.4, 0.5) is 5.69 Å². The summed E-state index contributed by atoms with van der Waals surface area (Å²) in [5.41, 5.74) is 7.27. The molecule has 1 fully saturated rings. The van der Waals surface area contributed by atoms with E-state index in [1.807, 2.05) is 19.1 Å². The van der Waals surface area contributed by atoms with Gasteiger partial charge in [-0.15, -0.1) is 0 Å². The third-order valence-corrected chi connectivity index (χ3v) is 4.05. The van der Waals surface area contributed by atoms with E-state index in [0.29, 0.717) is 16.5 Å². The van der Waals surface area contributed by atoms with Crippen molar-refractivity contribution in [1.29, 1.82) is 5.41 Å². The Morgan fingerprint density at radius 3 is 2.63 bits per heavy atom. The molecule has 4 N–H and O–H groups in total. The Hall–Kier alpha value is -1.26. The molecule has 4 nitrogen and oxygen atoms in total. The van der Waals surface area contributed by atoms with Crippen LogP contribution in [0.5, 0.6) is 0 Å². The smallest absolute Gasteiger partial charge is 0.124 e. The number of nitrogens with two attached hydrogens (primary N) is 1. The largest absolute Gasteiger partial charge is 0.393 e. The molecule has 19 heavy (non-hydrogen) atoms. The molecule has 1 atom stereocenters. The molecule has 1 unspecified atom stereocenters. The summed E-state index contributed by atoms with van der Waals surface area (Å²) in [7, 11) is 0. The van der Waals surface area contributed by atoms with Gasteiger partial charge in [-0.05, 0) is 43.9 Å². The number of aliphatic hydroxyl groups excluding tert-OH is 1. The van der Waals surface area contributed by atoms with Crippen LogP contribution in [0.1, 0.15) is 25.3 Å². The molecule has 0 saturated carbocycles. The lowest BCUT2D eigenvalue weighted by atomic mass is 9.91. The maximum Gasteiger partial charge on any atom is 0.124 e. The average Bonchev–Trinajstić information content (AvgIpc) is 2.38. The second-order valence-corrected chi connectivity index (χ2v) is 5.58. The summed E-state index contributed by atoms with van der Waals surface area (Å²) in [4.78, 5) is 2.21. The highest BCUT2D eigenvalue weighted by molar-refractivity contribution is 6.31. The Morgan fingerprint density at radius 2 is 2.11 bits per heavy atom. The number of anilines is 1. The highest BCUT2D eigenvalue weighted by Crippen LogP contribution is 2.29. The lowest BCUT2D eigenvalue weighted by Crippen LogP contribution is -2.38. The molecule has 104 valence electrons. The molecule has 0 bridgehead atoms. The van der Waals surface area contributed by atoms with E-state index in [-0.39, 0.29) is 11.9 Å². The lowest BCUT2D eigenvalue weighted by molar-refractivity contribution is 0.110. The number of piperidine rings is 1. The van der Waals surface area contributed by atoms with Crippen molar-refractivity contribution in [2.45, 2.75) is 25.9 Å². The standard InChI is InChI=1S/C14H20ClN3O/c1-9(19)10-4-6-18(7-5-10)13-3-2-11(15)8-12(13)14(16)17/h2-3,8-10,19H,4-7H2,1H3,(H3,16,17). The molecule has 0 amide bonds. The van der Waals surface area contributed by atoms with Crippen molar-refractivity contribution in [1.82, 2.24) is 0 Å². The molecule has 1 aromatic carbocycles. The zero-order chi connectivity index (χ0) is 14.0. The lowest BCUT2D eigenvalue weighted by Gasteiger charge is -2.35. The number of benzene rings is 1. The molecule has 1 aliphatic heterocycles. The molecule has 0 aromatic heterocycles. The van der Waals surface area contributed by atoms with Crippen molar-refractivity contribution in [2.75, 3.05) is 18.0 Å². The van der Waals surface area contributed by atoms with Crippen molar-refractivity contribution in [3.8, 4) is 0 Å². The van der Waals surface area contributed by atoms with Gasteiger partial charge in [-0.1, -0.05) is 11.6 Å². The molecule has 0 radical (unpaired) electrons. The summed E-state index contributed by atoms with van der Waals surface area (Å²) < 4.78 is 0. The topological polar surface area (TPSA) is 73.3 Å². The highest BCUT2D eigenvalue weighted by atomic mass is 35.5. The van der Waals surface area contributed by atoms with Gasteiger partial charge in [-0.3, -0.25) is 5.41 Å². The van der Waals surface area contributed by atoms with Crippen molar-refractivity contribution >= 4 is 23.1 Å². The molecule has 0 aliphatic carbocycles. The summed E-state index contributed by atoms with van der Waals surface area (Å²) in [6.45, 7) is 3.60. The van der Waals surface area contributed by atoms with E-state index in [0.717, 1.165) is 31.6 Å². The predicted octanol–water partition coefficient (Wildman–Crippen LogP) is 2.22. The number of hydrogen-bond acceptors (Lipinski definition) is 3. The van der Waals surface area contributed by atoms with Crippen LogP contribution in [0.15, 0.2) is 18.2 Å². The van der Waals surface area contributed by atoms with E-state index >= 15 is 0 Å². The predicted molar refractivity (Wildman–Crippen MR) is 79.1 cm³/mol. The number of nitrogens with zero attached hydrogens (tertiary/aromatic N) is 1. The van der Waals surface area contributed by atoms with Crippen LogP contribution in [0.2, 0.25) is 5.02 Å². The van der Waals surface area contributed by atoms with Crippen LogP contribution in [-0.4, -0.2) is 30.1 Å². The Bertz CT molecular complexity index is 468. The molecule has 2 rings (SSSR count). The normalized spacial score (nSPS) is 18.4. The van der Waals surface area contributed by atoms with Crippen molar-refractivity contribution in [3.05, 3.63) is 28.8 Å². The van der Waals surface area contributed by atoms with Crippen LogP contribution in [0, 0.1) is 11.3 Å². The molecule has 0 spiro atoms. The van der Waals surface area contributed by atoms with Gasteiger partial charge >= 0.3 is 0 Å². The van der Waals surface area contributed by atoms with Crippen molar-refractivity contribution in [3.63, 3.8) is 0 Å². The van der Waals surface area contributed by atoms with E-state index in [1.54, 1.807) is 6.07 Å². The van der Waals surface area contributed by atoms with E-state index in [4.69, 9.17) is 22.7 Å². The first-order valence-electron chi connectivity index (χ1n) is 6.56. The van der Waals surface area contributed by atoms with Gasteiger partial charge in [0.25, 0.3) is 0 Å². The van der Waals surface area contributed by atoms with Crippen LogP contribution in [0.3, 0.4) is 0 Å². The van der Waals surface area contributed by atoms with Crippen LogP contribution < -0.4 is 10.6 Å². The molecule has 5 heteroatoms. The number of amidine groups is 1. The maximum absolute atomic E-state index is 9.62. The average molecular weight is 282 g/mol. The summed E-state index contributed by atoms with van der Waals surface area (Å²) >= 11 is 5.96. The van der Waals surface area contributed by atoms with E-state index < -0.39 is 0 Å². The van der Waals surface area contributed by atoms with Gasteiger partial charge in [-0.2, -0.15) is 0 Å². The Kier molecular flexibility index (Phi) is 4.32. The number of halogens is 1. The monoisotopic (exact) mass is 281 g/mol. The van der Waals surface area contributed by atoms with E-state index in [1.165, 1.54) is 0 Å². The zero-order valence-corrected chi connectivity index (χ0v) is 11.8. The van der Waals surface area contributed by atoms with E-state index in [9.17, 15) is 5.11 Å². The molecular formula is C14H20ClN3O. The van der Waals surface area contributed by atoms with Gasteiger partial charge < -0.3 is 15.7 Å². The molecule has 1 aliphatic rings. The molecular weight excluding hydrogens is 262 g/mol. The van der Waals surface area contributed by atoms with Gasteiger partial charge in [0.1, 0.15) is 5.84 Å². The highest BCUT2D eigenvalue weighted by Gasteiger charge is 2.24. The fraction of sp³-hybridized carbons (Fsp3) is 0.500. The maximum atomic E-state index is 9.62. The minimum absolute atomic E-state index is 0.0372. The Balaban J connectivity index is 2.17. The molecule has 1 saturated heterocycles. The Labute approximate surface area is 118 Å². The summed E-state index contributed by atoms with van der Waals surface area (Å²) in [5, 5.41) is 17.9. The first-order chi connectivity index (χ1) is 8.99. The van der Waals surface area contributed by atoms with Crippen molar-refractivity contribution in [2.24, 2.45) is 11.7 Å². The second-order valence-electron chi connectivity index (χ2n) is 5.14. The summed E-state index contributed by atoms with van der Waals surface area (Å²) in [6.07, 6.45) is 1.66. The van der Waals surface area contributed by atoms with Gasteiger partial charge in [0.05, 0.1) is 6.10 Å². The summed E-state index contributed by atoms with van der Waals surface area (Å²) in [6, 6.07) is 5.48. The van der Waals surface area contributed by atoms with Crippen LogP contribution in [-0.2, 0) is 0 Å². The van der Waals surface area contributed by atoms with Gasteiger partial charge in [0.15, 0.2) is 0 Å². The van der Waals surface area contributed by atoms with Crippen LogP contribution >= 0.6 is 11.6 Å². The second kappa shape index (κ2) is 5.80. The third-order valence-electron chi connectivity index (χ3n) is 3.81. The fourth-order valence-electron chi connectivity index (χ4n) is 2.62. The minimum atomic E-state index is -0.250. The number of nitrogens with one attached hydrogen (secondary N) is 1.